The van der Waals surface area contributed by atoms with Crippen LogP contribution in [0.3, 0.4) is 0 Å². The molecule has 0 aromatic carbocycles. The van der Waals surface area contributed by atoms with Gasteiger partial charge in [0, 0.05) is 0 Å². The van der Waals surface area contributed by atoms with Gasteiger partial charge in [-0.1, -0.05) is 19.0 Å². The van der Waals surface area contributed by atoms with Gasteiger partial charge in [0.05, 0.1) is 5.71 Å². The lowest BCUT2D eigenvalue weighted by Gasteiger charge is -2.02. The molecule has 0 rings (SSSR count). The molecule has 0 fully saturated rings. The molecule has 0 aliphatic rings. The Balaban J connectivity index is 3.49. The summed E-state index contributed by atoms with van der Waals surface area (Å²) >= 11 is 0. The first-order chi connectivity index (χ1) is 4.66. The second-order valence-electron chi connectivity index (χ2n) is 2.84. The van der Waals surface area contributed by atoms with Crippen molar-refractivity contribution in [1.29, 1.82) is 0 Å². The molecule has 0 saturated heterocycles. The van der Waals surface area contributed by atoms with Gasteiger partial charge in [-0.05, 0) is 26.2 Å². The van der Waals surface area contributed by atoms with E-state index in [0.717, 1.165) is 12.1 Å². The third-order valence-electron chi connectivity index (χ3n) is 1.05. The standard InChI is InChI=1S/C8H17NO/c1-5-10-9-8(4)6-7(2)3/h7H,5-6H2,1-4H3/b9-8-. The fourth-order valence-electron chi connectivity index (χ4n) is 0.803. The first-order valence-corrected chi connectivity index (χ1v) is 3.82. The van der Waals surface area contributed by atoms with Gasteiger partial charge in [0.15, 0.2) is 0 Å². The summed E-state index contributed by atoms with van der Waals surface area (Å²) in [7, 11) is 0. The van der Waals surface area contributed by atoms with E-state index in [0.29, 0.717) is 12.5 Å². The van der Waals surface area contributed by atoms with Crippen molar-refractivity contribution in [3.8, 4) is 0 Å². The van der Waals surface area contributed by atoms with Crippen molar-refractivity contribution in [2.24, 2.45) is 11.1 Å². The smallest absolute Gasteiger partial charge is 0.114 e. The molecular formula is C8H17NO. The van der Waals surface area contributed by atoms with Gasteiger partial charge in [-0.15, -0.1) is 0 Å². The first kappa shape index (κ1) is 9.47. The van der Waals surface area contributed by atoms with Crippen molar-refractivity contribution in [2.75, 3.05) is 6.61 Å². The molecule has 0 N–H and O–H groups in total. The van der Waals surface area contributed by atoms with Crippen LogP contribution in [0.5, 0.6) is 0 Å². The highest BCUT2D eigenvalue weighted by atomic mass is 16.6. The van der Waals surface area contributed by atoms with E-state index >= 15 is 0 Å². The Morgan fingerprint density at radius 1 is 1.50 bits per heavy atom. The van der Waals surface area contributed by atoms with Gasteiger partial charge < -0.3 is 4.84 Å². The van der Waals surface area contributed by atoms with Crippen molar-refractivity contribution in [3.05, 3.63) is 0 Å². The summed E-state index contributed by atoms with van der Waals surface area (Å²) in [6.45, 7) is 8.94. The quantitative estimate of drug-likeness (QED) is 0.437. The molecule has 0 bridgehead atoms. The van der Waals surface area contributed by atoms with Gasteiger partial charge in [0.25, 0.3) is 0 Å². The topological polar surface area (TPSA) is 21.6 Å². The molecule has 2 nitrogen and oxygen atoms in total. The molecular weight excluding hydrogens is 126 g/mol. The number of rotatable bonds is 4. The van der Waals surface area contributed by atoms with Crippen LogP contribution in [0.4, 0.5) is 0 Å². The average Bonchev–Trinajstić information content (AvgIpc) is 1.82. The molecule has 2 heteroatoms. The molecule has 0 aliphatic carbocycles. The predicted molar refractivity (Wildman–Crippen MR) is 44.2 cm³/mol. The summed E-state index contributed by atoms with van der Waals surface area (Å²) in [6, 6.07) is 0. The van der Waals surface area contributed by atoms with E-state index in [9.17, 15) is 0 Å². The Kier molecular flexibility index (Phi) is 4.99. The predicted octanol–water partition coefficient (Wildman–Crippen LogP) is 2.44. The maximum absolute atomic E-state index is 4.88. The van der Waals surface area contributed by atoms with Crippen LogP contribution in [0, 0.1) is 5.92 Å². The van der Waals surface area contributed by atoms with Crippen LogP contribution in [0.15, 0.2) is 5.16 Å². The first-order valence-electron chi connectivity index (χ1n) is 3.82. The fraction of sp³-hybridized carbons (Fsp3) is 0.875. The Morgan fingerprint density at radius 2 is 2.10 bits per heavy atom. The SMILES string of the molecule is CCO/N=C(/C)CC(C)C. The molecule has 60 valence electrons. The second kappa shape index (κ2) is 5.27. The highest BCUT2D eigenvalue weighted by Crippen LogP contribution is 2.00. The van der Waals surface area contributed by atoms with Crippen LogP contribution in [0.25, 0.3) is 0 Å². The third-order valence-corrected chi connectivity index (χ3v) is 1.05. The van der Waals surface area contributed by atoms with Gasteiger partial charge in [-0.25, -0.2) is 0 Å². The van der Waals surface area contributed by atoms with E-state index < -0.39 is 0 Å². The van der Waals surface area contributed by atoms with Crippen LogP contribution in [-0.2, 0) is 4.84 Å². The zero-order valence-electron chi connectivity index (χ0n) is 7.35. The van der Waals surface area contributed by atoms with Crippen LogP contribution >= 0.6 is 0 Å². The molecule has 10 heavy (non-hydrogen) atoms. The van der Waals surface area contributed by atoms with E-state index in [1.54, 1.807) is 0 Å². The van der Waals surface area contributed by atoms with Crippen molar-refractivity contribution in [3.63, 3.8) is 0 Å². The number of oxime groups is 1. The maximum Gasteiger partial charge on any atom is 0.114 e. The summed E-state index contributed by atoms with van der Waals surface area (Å²) in [5.41, 5.74) is 1.08. The Hall–Kier alpha value is -0.530. The van der Waals surface area contributed by atoms with Crippen molar-refractivity contribution < 1.29 is 4.84 Å². The molecule has 0 amide bonds. The summed E-state index contributed by atoms with van der Waals surface area (Å²) < 4.78 is 0. The van der Waals surface area contributed by atoms with Crippen LogP contribution in [-0.4, -0.2) is 12.3 Å². The Morgan fingerprint density at radius 3 is 2.50 bits per heavy atom. The van der Waals surface area contributed by atoms with Crippen molar-refractivity contribution in [2.45, 2.75) is 34.1 Å². The van der Waals surface area contributed by atoms with E-state index in [1.807, 2.05) is 13.8 Å². The largest absolute Gasteiger partial charge is 0.396 e. The number of nitrogens with zero attached hydrogens (tertiary/aromatic N) is 1. The highest BCUT2D eigenvalue weighted by molar-refractivity contribution is 5.81. The highest BCUT2D eigenvalue weighted by Gasteiger charge is 1.96. The van der Waals surface area contributed by atoms with E-state index in [1.165, 1.54) is 0 Å². The van der Waals surface area contributed by atoms with E-state index in [2.05, 4.69) is 19.0 Å². The number of hydrogen-bond donors (Lipinski definition) is 0. The van der Waals surface area contributed by atoms with E-state index in [4.69, 9.17) is 4.84 Å². The average molecular weight is 143 g/mol. The summed E-state index contributed by atoms with van der Waals surface area (Å²) in [4.78, 5) is 4.88. The van der Waals surface area contributed by atoms with Gasteiger partial charge in [0.2, 0.25) is 0 Å². The fourth-order valence-corrected chi connectivity index (χ4v) is 0.803. The zero-order valence-corrected chi connectivity index (χ0v) is 7.35. The Bertz CT molecular complexity index is 108. The van der Waals surface area contributed by atoms with Gasteiger partial charge in [0.1, 0.15) is 6.61 Å². The normalized spacial score (nSPS) is 12.3. The molecule has 0 aromatic rings. The van der Waals surface area contributed by atoms with Gasteiger partial charge in [-0.3, -0.25) is 0 Å². The lowest BCUT2D eigenvalue weighted by molar-refractivity contribution is 0.157. The number of hydrogen-bond acceptors (Lipinski definition) is 2. The molecule has 0 spiro atoms. The molecule has 0 aromatic heterocycles. The van der Waals surface area contributed by atoms with E-state index in [-0.39, 0.29) is 0 Å². The van der Waals surface area contributed by atoms with Crippen LogP contribution in [0.2, 0.25) is 0 Å². The molecule has 0 heterocycles. The van der Waals surface area contributed by atoms with Gasteiger partial charge >= 0.3 is 0 Å². The molecule has 0 unspecified atom stereocenters. The molecule has 0 atom stereocenters. The lowest BCUT2D eigenvalue weighted by atomic mass is 10.1. The molecule has 0 radical (unpaired) electrons. The summed E-state index contributed by atoms with van der Waals surface area (Å²) in [6.07, 6.45) is 1.03. The lowest BCUT2D eigenvalue weighted by Crippen LogP contribution is -1.98. The summed E-state index contributed by atoms with van der Waals surface area (Å²) in [5, 5.41) is 3.90. The van der Waals surface area contributed by atoms with Crippen LogP contribution in [0.1, 0.15) is 34.1 Å². The van der Waals surface area contributed by atoms with Crippen molar-refractivity contribution >= 4 is 5.71 Å². The Labute approximate surface area is 63.3 Å². The van der Waals surface area contributed by atoms with Crippen LogP contribution < -0.4 is 0 Å². The second-order valence-corrected chi connectivity index (χ2v) is 2.84. The summed E-state index contributed by atoms with van der Waals surface area (Å²) in [5.74, 6) is 0.671. The molecule has 0 aliphatic heterocycles. The minimum absolute atomic E-state index is 0.662. The zero-order chi connectivity index (χ0) is 7.98. The monoisotopic (exact) mass is 143 g/mol. The minimum atomic E-state index is 0.662. The van der Waals surface area contributed by atoms with Crippen molar-refractivity contribution in [1.82, 2.24) is 0 Å². The minimum Gasteiger partial charge on any atom is -0.396 e. The van der Waals surface area contributed by atoms with Gasteiger partial charge in [-0.2, -0.15) is 0 Å². The maximum atomic E-state index is 4.88. The molecule has 0 saturated carbocycles. The third kappa shape index (κ3) is 5.60.